The molecule has 22 heavy (non-hydrogen) atoms. The Kier molecular flexibility index (Phi) is 4.77. The molecule has 0 radical (unpaired) electrons. The van der Waals surface area contributed by atoms with E-state index in [0.29, 0.717) is 4.32 Å². The van der Waals surface area contributed by atoms with Crippen molar-refractivity contribution in [3.05, 3.63) is 40.3 Å². The van der Waals surface area contributed by atoms with Gasteiger partial charge >= 0.3 is 0 Å². The summed E-state index contributed by atoms with van der Waals surface area (Å²) in [4.78, 5) is 15.7. The van der Waals surface area contributed by atoms with Gasteiger partial charge in [0.25, 0.3) is 5.91 Å². The van der Waals surface area contributed by atoms with Crippen LogP contribution in [0.25, 0.3) is 0 Å². The molecule has 0 N–H and O–H groups in total. The first-order chi connectivity index (χ1) is 10.6. The van der Waals surface area contributed by atoms with Crippen molar-refractivity contribution in [3.63, 3.8) is 0 Å². The van der Waals surface area contributed by atoms with E-state index in [4.69, 9.17) is 12.2 Å². The van der Waals surface area contributed by atoms with Crippen molar-refractivity contribution in [2.24, 2.45) is 0 Å². The van der Waals surface area contributed by atoms with Crippen LogP contribution in [0.2, 0.25) is 0 Å². The van der Waals surface area contributed by atoms with Crippen LogP contribution in [0.1, 0.15) is 6.42 Å². The van der Waals surface area contributed by atoms with Gasteiger partial charge in [0.15, 0.2) is 4.32 Å². The highest BCUT2D eigenvalue weighted by molar-refractivity contribution is 8.27. The number of thioether (sulfide) groups is 2. The largest absolute Gasteiger partial charge is 0.335 e. The number of amides is 1. The number of carbonyl (C=O) groups is 1. The highest BCUT2D eigenvalue weighted by atomic mass is 32.2. The lowest BCUT2D eigenvalue weighted by molar-refractivity contribution is -0.130. The summed E-state index contributed by atoms with van der Waals surface area (Å²) < 4.78 is 0.594. The molecule has 2 fully saturated rings. The first kappa shape index (κ1) is 15.9. The molecule has 1 amide bonds. The number of thiocarbonyl (C=S) groups is 1. The van der Waals surface area contributed by atoms with E-state index in [1.807, 2.05) is 32.3 Å². The van der Waals surface area contributed by atoms with Crippen LogP contribution < -0.4 is 4.90 Å². The minimum absolute atomic E-state index is 0.0228. The third kappa shape index (κ3) is 2.90. The zero-order valence-electron chi connectivity index (χ0n) is 12.5. The van der Waals surface area contributed by atoms with Gasteiger partial charge in [-0.3, -0.25) is 4.79 Å². The molecule has 0 saturated carbocycles. The number of carbonyl (C=O) groups excluding carboxylic acids is 1. The molecule has 1 aromatic rings. The van der Waals surface area contributed by atoms with Gasteiger partial charge in [0.05, 0.1) is 5.03 Å². The third-order valence-corrected chi connectivity index (χ3v) is 6.08. The van der Waals surface area contributed by atoms with E-state index in [-0.39, 0.29) is 5.91 Å². The molecule has 0 atom stereocenters. The van der Waals surface area contributed by atoms with E-state index < -0.39 is 0 Å². The average molecular weight is 352 g/mol. The molecular weight excluding hydrogens is 334 g/mol. The highest BCUT2D eigenvalue weighted by Gasteiger charge is 2.38. The standard InChI is InChI=1S/C15H17N3OS3/c1-16(2)18-13(19)12(22-15(18)20)14-17(9-6-10-21-14)11-7-4-3-5-8-11/h3-5,7-8H,6,9-10H2,1-2H3/b14-12+. The molecule has 3 rings (SSSR count). The van der Waals surface area contributed by atoms with Crippen LogP contribution in [-0.2, 0) is 4.79 Å². The molecule has 7 heteroatoms. The summed E-state index contributed by atoms with van der Waals surface area (Å²) in [5, 5.41) is 4.32. The molecule has 0 spiro atoms. The van der Waals surface area contributed by atoms with Crippen LogP contribution >= 0.6 is 35.7 Å². The number of nitrogens with zero attached hydrogens (tertiary/aromatic N) is 3. The van der Waals surface area contributed by atoms with E-state index in [9.17, 15) is 4.79 Å². The molecule has 0 unspecified atom stereocenters. The van der Waals surface area contributed by atoms with Gasteiger partial charge in [0, 0.05) is 32.1 Å². The Morgan fingerprint density at radius 3 is 2.59 bits per heavy atom. The Hall–Kier alpha value is -1.02. The predicted octanol–water partition coefficient (Wildman–Crippen LogP) is 3.14. The number of para-hydroxylation sites is 1. The molecule has 0 aromatic heterocycles. The van der Waals surface area contributed by atoms with Gasteiger partial charge < -0.3 is 4.90 Å². The normalized spacial score (nSPS) is 22.9. The van der Waals surface area contributed by atoms with Gasteiger partial charge in [0.2, 0.25) is 0 Å². The zero-order valence-corrected chi connectivity index (χ0v) is 14.9. The van der Waals surface area contributed by atoms with Gasteiger partial charge in [-0.25, -0.2) is 10.0 Å². The van der Waals surface area contributed by atoms with E-state index in [1.165, 1.54) is 11.8 Å². The minimum Gasteiger partial charge on any atom is -0.335 e. The Morgan fingerprint density at radius 2 is 1.95 bits per heavy atom. The summed E-state index contributed by atoms with van der Waals surface area (Å²) in [6, 6.07) is 10.2. The Morgan fingerprint density at radius 1 is 1.23 bits per heavy atom. The van der Waals surface area contributed by atoms with Crippen molar-refractivity contribution in [1.29, 1.82) is 0 Å². The SMILES string of the molecule is CN(C)N1C(=O)/C(=C2\SCCCN2c2ccccc2)SC1=S. The maximum absolute atomic E-state index is 12.7. The first-order valence-electron chi connectivity index (χ1n) is 7.03. The molecular formula is C15H17N3OS3. The quantitative estimate of drug-likeness (QED) is 0.600. The van der Waals surface area contributed by atoms with E-state index >= 15 is 0 Å². The van der Waals surface area contributed by atoms with Crippen LogP contribution in [0.5, 0.6) is 0 Å². The second kappa shape index (κ2) is 6.62. The monoisotopic (exact) mass is 351 g/mol. The van der Waals surface area contributed by atoms with Crippen LogP contribution in [0.3, 0.4) is 0 Å². The van der Waals surface area contributed by atoms with Crippen LogP contribution in [-0.4, -0.2) is 46.6 Å². The third-order valence-electron chi connectivity index (χ3n) is 3.42. The molecule has 4 nitrogen and oxygen atoms in total. The van der Waals surface area contributed by atoms with Crippen LogP contribution in [0.15, 0.2) is 40.3 Å². The van der Waals surface area contributed by atoms with Crippen LogP contribution in [0, 0.1) is 0 Å². The Labute approximate surface area is 144 Å². The topological polar surface area (TPSA) is 26.8 Å². The Bertz CT molecular complexity index is 630. The van der Waals surface area contributed by atoms with Gasteiger partial charge in [0.1, 0.15) is 4.91 Å². The zero-order chi connectivity index (χ0) is 15.7. The maximum atomic E-state index is 12.7. The minimum atomic E-state index is -0.0228. The van der Waals surface area contributed by atoms with Crippen molar-refractivity contribution in [3.8, 4) is 0 Å². The summed E-state index contributed by atoms with van der Waals surface area (Å²) in [6.07, 6.45) is 1.11. The van der Waals surface area contributed by atoms with Gasteiger partial charge in [-0.2, -0.15) is 0 Å². The van der Waals surface area contributed by atoms with Gasteiger partial charge in [-0.15, -0.1) is 11.8 Å². The number of hydrazine groups is 1. The van der Waals surface area contributed by atoms with Crippen molar-refractivity contribution < 1.29 is 4.79 Å². The number of hydrogen-bond acceptors (Lipinski definition) is 6. The smallest absolute Gasteiger partial charge is 0.283 e. The van der Waals surface area contributed by atoms with E-state index in [1.54, 1.807) is 21.8 Å². The molecule has 0 bridgehead atoms. The molecule has 2 saturated heterocycles. The van der Waals surface area contributed by atoms with E-state index in [2.05, 4.69) is 17.0 Å². The predicted molar refractivity (Wildman–Crippen MR) is 98.6 cm³/mol. The van der Waals surface area contributed by atoms with Crippen molar-refractivity contribution >= 4 is 51.7 Å². The summed E-state index contributed by atoms with van der Waals surface area (Å²) >= 11 is 8.50. The fourth-order valence-electron chi connectivity index (χ4n) is 2.45. The van der Waals surface area contributed by atoms with Crippen molar-refractivity contribution in [2.75, 3.05) is 31.3 Å². The molecule has 116 valence electrons. The highest BCUT2D eigenvalue weighted by Crippen LogP contribution is 2.42. The molecule has 2 heterocycles. The van der Waals surface area contributed by atoms with Gasteiger partial charge in [-0.1, -0.05) is 42.2 Å². The molecule has 2 aliphatic heterocycles. The summed E-state index contributed by atoms with van der Waals surface area (Å²) in [5.74, 6) is 1.01. The summed E-state index contributed by atoms with van der Waals surface area (Å²) in [7, 11) is 3.67. The van der Waals surface area contributed by atoms with Crippen molar-refractivity contribution in [1.82, 2.24) is 10.0 Å². The molecule has 1 aromatic carbocycles. The fraction of sp³-hybridized carbons (Fsp3) is 0.333. The summed E-state index contributed by atoms with van der Waals surface area (Å²) in [5.41, 5.74) is 1.12. The second-order valence-corrected chi connectivity index (χ2v) is 7.88. The van der Waals surface area contributed by atoms with Gasteiger partial charge in [-0.05, 0) is 18.6 Å². The maximum Gasteiger partial charge on any atom is 0.283 e. The molecule has 0 aliphatic carbocycles. The lowest BCUT2D eigenvalue weighted by Crippen LogP contribution is -2.40. The number of anilines is 1. The van der Waals surface area contributed by atoms with Crippen LogP contribution in [0.4, 0.5) is 5.69 Å². The van der Waals surface area contributed by atoms with Crippen molar-refractivity contribution in [2.45, 2.75) is 6.42 Å². The number of benzene rings is 1. The van der Waals surface area contributed by atoms with E-state index in [0.717, 1.165) is 34.3 Å². The number of rotatable bonds is 2. The average Bonchev–Trinajstić information content (AvgIpc) is 2.83. The fourth-order valence-corrected chi connectivity index (χ4v) is 5.16. The Balaban J connectivity index is 2.00. The molecule has 2 aliphatic rings. The second-order valence-electron chi connectivity index (χ2n) is 5.16. The summed E-state index contributed by atoms with van der Waals surface area (Å²) in [6.45, 7) is 0.929. The first-order valence-corrected chi connectivity index (χ1v) is 9.24. The number of hydrogen-bond donors (Lipinski definition) is 0. The lowest BCUT2D eigenvalue weighted by Gasteiger charge is -2.32. The lowest BCUT2D eigenvalue weighted by atomic mass is 10.2.